The lowest BCUT2D eigenvalue weighted by Gasteiger charge is -2.12. The second kappa shape index (κ2) is 8.42. The zero-order valence-corrected chi connectivity index (χ0v) is 18.4. The summed E-state index contributed by atoms with van der Waals surface area (Å²) in [7, 11) is 0. The van der Waals surface area contributed by atoms with Crippen molar-refractivity contribution in [2.45, 2.75) is 41.5 Å². The number of hydrogen-bond donors (Lipinski definition) is 1. The fraction of sp³-hybridized carbons (Fsp3) is 0.231. The number of hydrogen-bond acceptors (Lipinski definition) is 2. The first-order valence-corrected chi connectivity index (χ1v) is 9.97. The third kappa shape index (κ3) is 4.36. The van der Waals surface area contributed by atoms with Gasteiger partial charge in [-0.25, -0.2) is 0 Å². The third-order valence-electron chi connectivity index (χ3n) is 5.24. The summed E-state index contributed by atoms with van der Waals surface area (Å²) >= 11 is 0. The van der Waals surface area contributed by atoms with E-state index in [2.05, 4.69) is 48.0 Å². The molecule has 0 fully saturated rings. The summed E-state index contributed by atoms with van der Waals surface area (Å²) < 4.78 is 2.16. The highest BCUT2D eigenvalue weighted by molar-refractivity contribution is 6.10. The zero-order chi connectivity index (χ0) is 22.0. The maximum absolute atomic E-state index is 12.8. The smallest absolute Gasteiger partial charge is 0.266 e. The standard InChI is InChI=1S/C26H27N3O/c1-16-7-8-19(4)25(12-16)28-26(30)23(15-27)14-22-13-20(5)29(21(22)6)24-10-17(2)9-18(3)11-24/h7-14H,1-6H3,(H,28,30)/b23-14+. The van der Waals surface area contributed by atoms with Gasteiger partial charge in [0, 0.05) is 22.8 Å². The number of anilines is 1. The molecule has 152 valence electrons. The van der Waals surface area contributed by atoms with E-state index in [4.69, 9.17) is 0 Å². The van der Waals surface area contributed by atoms with E-state index >= 15 is 0 Å². The highest BCUT2D eigenvalue weighted by Gasteiger charge is 2.15. The van der Waals surface area contributed by atoms with Crippen molar-refractivity contribution in [3.63, 3.8) is 0 Å². The Hall–Kier alpha value is -3.58. The fourth-order valence-electron chi connectivity index (χ4n) is 3.78. The lowest BCUT2D eigenvalue weighted by molar-refractivity contribution is -0.112. The van der Waals surface area contributed by atoms with Crippen LogP contribution < -0.4 is 5.32 Å². The van der Waals surface area contributed by atoms with E-state index in [1.165, 1.54) is 11.1 Å². The van der Waals surface area contributed by atoms with Gasteiger partial charge in [0.15, 0.2) is 0 Å². The first-order valence-electron chi connectivity index (χ1n) is 9.97. The summed E-state index contributed by atoms with van der Waals surface area (Å²) in [6.45, 7) is 12.1. The predicted octanol–water partition coefficient (Wildman–Crippen LogP) is 5.87. The van der Waals surface area contributed by atoms with E-state index in [9.17, 15) is 10.1 Å². The Morgan fingerprint density at radius 2 is 1.60 bits per heavy atom. The summed E-state index contributed by atoms with van der Waals surface area (Å²) in [5, 5.41) is 12.5. The van der Waals surface area contributed by atoms with Gasteiger partial charge in [0.05, 0.1) is 0 Å². The van der Waals surface area contributed by atoms with Crippen molar-refractivity contribution in [2.24, 2.45) is 0 Å². The van der Waals surface area contributed by atoms with Gasteiger partial charge < -0.3 is 9.88 Å². The number of carbonyl (C=O) groups excluding carboxylic acids is 1. The van der Waals surface area contributed by atoms with E-state index in [1.54, 1.807) is 6.08 Å². The molecule has 0 saturated heterocycles. The summed E-state index contributed by atoms with van der Waals surface area (Å²) in [6, 6.07) is 16.3. The van der Waals surface area contributed by atoms with Crippen LogP contribution in [0.3, 0.4) is 0 Å². The molecule has 0 spiro atoms. The summed E-state index contributed by atoms with van der Waals surface area (Å²) in [5.74, 6) is -0.401. The Bertz CT molecular complexity index is 1190. The van der Waals surface area contributed by atoms with Crippen molar-refractivity contribution in [1.29, 1.82) is 5.26 Å². The van der Waals surface area contributed by atoms with E-state index < -0.39 is 5.91 Å². The number of benzene rings is 2. The molecule has 0 atom stereocenters. The van der Waals surface area contributed by atoms with Crippen LogP contribution >= 0.6 is 0 Å². The van der Waals surface area contributed by atoms with Gasteiger partial charge in [-0.1, -0.05) is 18.2 Å². The molecule has 0 radical (unpaired) electrons. The number of nitrogens with one attached hydrogen (secondary N) is 1. The maximum atomic E-state index is 12.8. The maximum Gasteiger partial charge on any atom is 0.266 e. The van der Waals surface area contributed by atoms with Gasteiger partial charge in [-0.2, -0.15) is 5.26 Å². The largest absolute Gasteiger partial charge is 0.321 e. The molecule has 1 amide bonds. The molecule has 1 heterocycles. The van der Waals surface area contributed by atoms with Crippen molar-refractivity contribution in [3.8, 4) is 11.8 Å². The Balaban J connectivity index is 1.98. The highest BCUT2D eigenvalue weighted by atomic mass is 16.1. The normalized spacial score (nSPS) is 11.3. The molecule has 0 aliphatic rings. The zero-order valence-electron chi connectivity index (χ0n) is 18.4. The molecule has 4 nitrogen and oxygen atoms in total. The first kappa shape index (κ1) is 21.1. The van der Waals surface area contributed by atoms with Crippen molar-refractivity contribution >= 4 is 17.7 Å². The molecule has 0 aliphatic carbocycles. The lowest BCUT2D eigenvalue weighted by Crippen LogP contribution is -2.14. The van der Waals surface area contributed by atoms with E-state index in [0.29, 0.717) is 0 Å². The quantitative estimate of drug-likeness (QED) is 0.442. The molecule has 0 saturated carbocycles. The Morgan fingerprint density at radius 1 is 0.933 bits per heavy atom. The van der Waals surface area contributed by atoms with Crippen LogP contribution in [0.1, 0.15) is 39.2 Å². The summed E-state index contributed by atoms with van der Waals surface area (Å²) in [5.41, 5.74) is 9.19. The molecule has 0 bridgehead atoms. The first-order chi connectivity index (χ1) is 14.2. The van der Waals surface area contributed by atoms with Gasteiger partial charge in [-0.3, -0.25) is 4.79 Å². The number of amides is 1. The van der Waals surface area contributed by atoms with Crippen LogP contribution in [0.5, 0.6) is 0 Å². The van der Waals surface area contributed by atoms with Crippen molar-refractivity contribution in [2.75, 3.05) is 5.32 Å². The van der Waals surface area contributed by atoms with Crippen LogP contribution in [0.25, 0.3) is 11.8 Å². The molecule has 2 aromatic carbocycles. The molecule has 4 heteroatoms. The summed E-state index contributed by atoms with van der Waals surface area (Å²) in [4.78, 5) is 12.8. The van der Waals surface area contributed by atoms with E-state index in [0.717, 1.165) is 39.5 Å². The Morgan fingerprint density at radius 3 is 2.23 bits per heavy atom. The van der Waals surface area contributed by atoms with Crippen molar-refractivity contribution in [1.82, 2.24) is 4.57 Å². The minimum absolute atomic E-state index is 0.0802. The predicted molar refractivity (Wildman–Crippen MR) is 123 cm³/mol. The molecule has 3 rings (SSSR count). The summed E-state index contributed by atoms with van der Waals surface area (Å²) in [6.07, 6.45) is 1.67. The van der Waals surface area contributed by atoms with Crippen LogP contribution in [0.4, 0.5) is 5.69 Å². The highest BCUT2D eigenvalue weighted by Crippen LogP contribution is 2.25. The SMILES string of the molecule is Cc1cc(C)cc(-n2c(C)cc(/C=C(\C#N)C(=O)Nc3cc(C)ccc3C)c2C)c1. The number of rotatable bonds is 4. The van der Waals surface area contributed by atoms with E-state index in [-0.39, 0.29) is 5.57 Å². The number of aromatic nitrogens is 1. The number of nitriles is 1. The number of carbonyl (C=O) groups is 1. The molecular weight excluding hydrogens is 370 g/mol. The number of nitrogens with zero attached hydrogens (tertiary/aromatic N) is 2. The minimum atomic E-state index is -0.401. The molecule has 0 unspecified atom stereocenters. The second-order valence-corrected chi connectivity index (χ2v) is 7.95. The Labute approximate surface area is 178 Å². The van der Waals surface area contributed by atoms with Crippen LogP contribution in [-0.2, 0) is 4.79 Å². The van der Waals surface area contributed by atoms with Gasteiger partial charge >= 0.3 is 0 Å². The topological polar surface area (TPSA) is 57.8 Å². The number of aryl methyl sites for hydroxylation is 5. The van der Waals surface area contributed by atoms with Crippen molar-refractivity contribution in [3.05, 3.63) is 87.2 Å². The van der Waals surface area contributed by atoms with Gasteiger partial charge in [0.1, 0.15) is 11.6 Å². The monoisotopic (exact) mass is 397 g/mol. The average molecular weight is 398 g/mol. The fourth-order valence-corrected chi connectivity index (χ4v) is 3.78. The van der Waals surface area contributed by atoms with E-state index in [1.807, 2.05) is 52.0 Å². The van der Waals surface area contributed by atoms with Crippen LogP contribution in [-0.4, -0.2) is 10.5 Å². The van der Waals surface area contributed by atoms with Crippen molar-refractivity contribution < 1.29 is 4.79 Å². The molecule has 1 aromatic heterocycles. The second-order valence-electron chi connectivity index (χ2n) is 7.95. The van der Waals surface area contributed by atoms with Crippen LogP contribution in [0.15, 0.2) is 48.0 Å². The van der Waals surface area contributed by atoms with Crippen LogP contribution in [0, 0.1) is 52.9 Å². The molecule has 30 heavy (non-hydrogen) atoms. The Kier molecular flexibility index (Phi) is 5.94. The molecule has 0 aliphatic heterocycles. The minimum Gasteiger partial charge on any atom is -0.321 e. The molecular formula is C26H27N3O. The van der Waals surface area contributed by atoms with Gasteiger partial charge in [0.25, 0.3) is 5.91 Å². The van der Waals surface area contributed by atoms with Gasteiger partial charge in [-0.15, -0.1) is 0 Å². The van der Waals surface area contributed by atoms with Crippen LogP contribution in [0.2, 0.25) is 0 Å². The van der Waals surface area contributed by atoms with Gasteiger partial charge in [0.2, 0.25) is 0 Å². The molecule has 3 aromatic rings. The lowest BCUT2D eigenvalue weighted by atomic mass is 10.1. The third-order valence-corrected chi connectivity index (χ3v) is 5.24. The average Bonchev–Trinajstić information content (AvgIpc) is 2.95. The van der Waals surface area contributed by atoms with Gasteiger partial charge in [-0.05, 0) is 99.7 Å². The molecule has 1 N–H and O–H groups in total.